The number of hydrogen-bond donors (Lipinski definition) is 1. The number of hydrogen-bond acceptors (Lipinski definition) is 3. The quantitative estimate of drug-likeness (QED) is 0.558. The highest BCUT2D eigenvalue weighted by atomic mass is 35.5. The first-order valence-corrected chi connectivity index (χ1v) is 8.48. The maximum Gasteiger partial charge on any atom is 0.137 e. The molecule has 0 aliphatic heterocycles. The third-order valence-corrected chi connectivity index (χ3v) is 5.12. The zero-order valence-electron chi connectivity index (χ0n) is 12.4. The molecule has 3 heterocycles. The molecule has 0 saturated heterocycles. The standard InChI is InChI=1S/C18H12ClFN2OS/c19-17-6-5-16(24-17)15-9-22-8-11(4-7-18(22)21-15)12-2-1-3-14(20)13(12)10-23/h1-9,23H,10H2. The number of rotatable bonds is 3. The molecule has 0 aliphatic carbocycles. The zero-order chi connectivity index (χ0) is 16.7. The predicted molar refractivity (Wildman–Crippen MR) is 94.8 cm³/mol. The van der Waals surface area contributed by atoms with Crippen LogP contribution in [0.2, 0.25) is 4.34 Å². The molecule has 4 rings (SSSR count). The van der Waals surface area contributed by atoms with Crippen molar-refractivity contribution in [3.8, 4) is 21.7 Å². The summed E-state index contributed by atoms with van der Waals surface area (Å²) in [6, 6.07) is 12.3. The lowest BCUT2D eigenvalue weighted by atomic mass is 10.0. The van der Waals surface area contributed by atoms with Gasteiger partial charge in [-0.05, 0) is 41.5 Å². The van der Waals surface area contributed by atoms with Crippen LogP contribution in [0.25, 0.3) is 27.3 Å². The Labute approximate surface area is 146 Å². The van der Waals surface area contributed by atoms with Crippen molar-refractivity contribution < 1.29 is 9.50 Å². The van der Waals surface area contributed by atoms with Gasteiger partial charge in [0.1, 0.15) is 11.5 Å². The molecule has 4 aromatic rings. The van der Waals surface area contributed by atoms with Crippen LogP contribution in [0.15, 0.2) is 54.9 Å². The summed E-state index contributed by atoms with van der Waals surface area (Å²) in [6.45, 7) is -0.344. The summed E-state index contributed by atoms with van der Waals surface area (Å²) in [4.78, 5) is 5.58. The second kappa shape index (κ2) is 6.02. The molecular weight excluding hydrogens is 347 g/mol. The second-order valence-corrected chi connectivity index (χ2v) is 7.05. The van der Waals surface area contributed by atoms with Gasteiger partial charge < -0.3 is 9.51 Å². The summed E-state index contributed by atoms with van der Waals surface area (Å²) >= 11 is 7.46. The minimum Gasteiger partial charge on any atom is -0.392 e. The zero-order valence-corrected chi connectivity index (χ0v) is 14.0. The van der Waals surface area contributed by atoms with Crippen LogP contribution in [-0.4, -0.2) is 14.5 Å². The number of aliphatic hydroxyl groups is 1. The summed E-state index contributed by atoms with van der Waals surface area (Å²) in [6.07, 6.45) is 3.80. The number of aromatic nitrogens is 2. The minimum absolute atomic E-state index is 0.294. The normalized spacial score (nSPS) is 11.3. The van der Waals surface area contributed by atoms with Crippen LogP contribution in [0, 0.1) is 5.82 Å². The van der Waals surface area contributed by atoms with Gasteiger partial charge in [-0.3, -0.25) is 0 Å². The minimum atomic E-state index is -0.408. The fraction of sp³-hybridized carbons (Fsp3) is 0.0556. The van der Waals surface area contributed by atoms with Crippen molar-refractivity contribution in [2.24, 2.45) is 0 Å². The van der Waals surface area contributed by atoms with E-state index in [9.17, 15) is 9.50 Å². The average molecular weight is 359 g/mol. The van der Waals surface area contributed by atoms with Crippen LogP contribution in [-0.2, 0) is 6.61 Å². The first-order chi connectivity index (χ1) is 11.7. The van der Waals surface area contributed by atoms with Gasteiger partial charge in [0.15, 0.2) is 0 Å². The van der Waals surface area contributed by atoms with Gasteiger partial charge in [-0.15, -0.1) is 11.3 Å². The van der Waals surface area contributed by atoms with Gasteiger partial charge >= 0.3 is 0 Å². The summed E-state index contributed by atoms with van der Waals surface area (Å²) in [5.41, 5.74) is 3.42. The maximum absolute atomic E-state index is 13.9. The Hall–Kier alpha value is -2.21. The molecule has 0 bridgehead atoms. The van der Waals surface area contributed by atoms with E-state index in [1.165, 1.54) is 17.4 Å². The SMILES string of the molecule is OCc1c(F)cccc1-c1ccc2nc(-c3ccc(Cl)s3)cn2c1. The first-order valence-electron chi connectivity index (χ1n) is 7.29. The Kier molecular flexibility index (Phi) is 3.84. The van der Waals surface area contributed by atoms with Crippen LogP contribution in [0.1, 0.15) is 5.56 Å². The number of halogens is 2. The van der Waals surface area contributed by atoms with E-state index in [2.05, 4.69) is 4.98 Å². The van der Waals surface area contributed by atoms with E-state index < -0.39 is 5.82 Å². The lowest BCUT2D eigenvalue weighted by molar-refractivity contribution is 0.276. The van der Waals surface area contributed by atoms with Gasteiger partial charge in [-0.1, -0.05) is 23.7 Å². The molecule has 1 aromatic carbocycles. The highest BCUT2D eigenvalue weighted by Gasteiger charge is 2.12. The number of aliphatic hydroxyl groups excluding tert-OH is 1. The van der Waals surface area contributed by atoms with E-state index in [0.29, 0.717) is 11.1 Å². The number of benzene rings is 1. The summed E-state index contributed by atoms with van der Waals surface area (Å²) in [5.74, 6) is -0.408. The van der Waals surface area contributed by atoms with Gasteiger partial charge in [0.05, 0.1) is 21.5 Å². The van der Waals surface area contributed by atoms with Crippen LogP contribution in [0.4, 0.5) is 4.39 Å². The van der Waals surface area contributed by atoms with Crippen molar-refractivity contribution in [1.82, 2.24) is 9.38 Å². The Bertz CT molecular complexity index is 1040. The fourth-order valence-corrected chi connectivity index (χ4v) is 3.71. The molecule has 0 atom stereocenters. The molecule has 0 aliphatic rings. The third kappa shape index (κ3) is 2.60. The van der Waals surface area contributed by atoms with E-state index in [4.69, 9.17) is 11.6 Å². The van der Waals surface area contributed by atoms with E-state index in [-0.39, 0.29) is 6.61 Å². The van der Waals surface area contributed by atoms with E-state index >= 15 is 0 Å². The molecule has 0 spiro atoms. The smallest absolute Gasteiger partial charge is 0.137 e. The molecule has 1 N–H and O–H groups in total. The maximum atomic E-state index is 13.9. The van der Waals surface area contributed by atoms with Crippen molar-refractivity contribution in [3.05, 3.63) is 70.6 Å². The largest absolute Gasteiger partial charge is 0.392 e. The molecule has 120 valence electrons. The number of thiophene rings is 1. The van der Waals surface area contributed by atoms with Gasteiger partial charge in [-0.25, -0.2) is 9.37 Å². The first kappa shape index (κ1) is 15.3. The van der Waals surface area contributed by atoms with E-state index in [1.807, 2.05) is 41.1 Å². The van der Waals surface area contributed by atoms with Crippen molar-refractivity contribution in [2.45, 2.75) is 6.61 Å². The number of nitrogens with zero attached hydrogens (tertiary/aromatic N) is 2. The molecule has 24 heavy (non-hydrogen) atoms. The molecule has 6 heteroatoms. The lowest BCUT2D eigenvalue weighted by Crippen LogP contribution is -1.95. The molecule has 0 amide bonds. The van der Waals surface area contributed by atoms with Crippen molar-refractivity contribution in [1.29, 1.82) is 0 Å². The number of pyridine rings is 1. The van der Waals surface area contributed by atoms with Crippen LogP contribution in [0.5, 0.6) is 0 Å². The van der Waals surface area contributed by atoms with Crippen molar-refractivity contribution in [3.63, 3.8) is 0 Å². The number of imidazole rings is 1. The van der Waals surface area contributed by atoms with Gasteiger partial charge in [0.2, 0.25) is 0 Å². The second-order valence-electron chi connectivity index (χ2n) is 5.34. The monoisotopic (exact) mass is 358 g/mol. The summed E-state index contributed by atoms with van der Waals surface area (Å²) in [7, 11) is 0. The van der Waals surface area contributed by atoms with Gasteiger partial charge in [0, 0.05) is 18.0 Å². The molecule has 0 unspecified atom stereocenters. The third-order valence-electron chi connectivity index (χ3n) is 3.86. The molecule has 3 nitrogen and oxygen atoms in total. The molecule has 0 fully saturated rings. The Morgan fingerprint density at radius 2 is 2.00 bits per heavy atom. The molecule has 0 radical (unpaired) electrons. The fourth-order valence-electron chi connectivity index (χ4n) is 2.71. The Balaban J connectivity index is 1.83. The van der Waals surface area contributed by atoms with Crippen LogP contribution >= 0.6 is 22.9 Å². The summed E-state index contributed by atoms with van der Waals surface area (Å²) in [5, 5.41) is 9.46. The van der Waals surface area contributed by atoms with Crippen molar-refractivity contribution >= 4 is 28.6 Å². The van der Waals surface area contributed by atoms with Gasteiger partial charge in [0.25, 0.3) is 0 Å². The van der Waals surface area contributed by atoms with Crippen LogP contribution < -0.4 is 0 Å². The topological polar surface area (TPSA) is 37.5 Å². The van der Waals surface area contributed by atoms with E-state index in [0.717, 1.165) is 26.1 Å². The molecule has 3 aromatic heterocycles. The van der Waals surface area contributed by atoms with Crippen molar-refractivity contribution in [2.75, 3.05) is 0 Å². The van der Waals surface area contributed by atoms with Crippen LogP contribution in [0.3, 0.4) is 0 Å². The molecular formula is C18H12ClFN2OS. The molecule has 0 saturated carbocycles. The number of fused-ring (bicyclic) bond motifs is 1. The Morgan fingerprint density at radius 3 is 2.75 bits per heavy atom. The predicted octanol–water partition coefficient (Wildman–Crippen LogP) is 5.01. The highest BCUT2D eigenvalue weighted by Crippen LogP contribution is 2.31. The Morgan fingerprint density at radius 1 is 1.12 bits per heavy atom. The van der Waals surface area contributed by atoms with Gasteiger partial charge in [-0.2, -0.15) is 0 Å². The average Bonchev–Trinajstić information content (AvgIpc) is 3.19. The summed E-state index contributed by atoms with van der Waals surface area (Å²) < 4.78 is 16.5. The lowest BCUT2D eigenvalue weighted by Gasteiger charge is -2.09. The van der Waals surface area contributed by atoms with E-state index in [1.54, 1.807) is 12.1 Å². The highest BCUT2D eigenvalue weighted by molar-refractivity contribution is 7.19.